The van der Waals surface area contributed by atoms with Crippen LogP contribution in [0.25, 0.3) is 11.5 Å². The van der Waals surface area contributed by atoms with Crippen LogP contribution in [0.15, 0.2) is 34.9 Å². The summed E-state index contributed by atoms with van der Waals surface area (Å²) in [6, 6.07) is 7.59. The van der Waals surface area contributed by atoms with Crippen molar-refractivity contribution >= 4 is 11.9 Å². The lowest BCUT2D eigenvalue weighted by Gasteiger charge is -2.02. The standard InChI is InChI=1S/C15H15N5O2/c1-9-4-5-11(10(2)8-9)14-18-19-15(22-14)17-13(21)12-6-7-16-20(12)3/h4-8H,1-3H3,(H,17,19,21). The average Bonchev–Trinajstić information content (AvgIpc) is 3.08. The number of rotatable bonds is 3. The lowest BCUT2D eigenvalue weighted by Crippen LogP contribution is -2.16. The minimum absolute atomic E-state index is 0.0566. The molecule has 0 saturated heterocycles. The van der Waals surface area contributed by atoms with Crippen LogP contribution in [-0.2, 0) is 7.05 Å². The summed E-state index contributed by atoms with van der Waals surface area (Å²) in [6.07, 6.45) is 1.55. The van der Waals surface area contributed by atoms with E-state index in [2.05, 4.69) is 20.6 Å². The Labute approximate surface area is 127 Å². The van der Waals surface area contributed by atoms with E-state index >= 15 is 0 Å². The van der Waals surface area contributed by atoms with Crippen LogP contribution in [-0.4, -0.2) is 25.9 Å². The predicted molar refractivity (Wildman–Crippen MR) is 80.4 cm³/mol. The van der Waals surface area contributed by atoms with Gasteiger partial charge in [-0.2, -0.15) is 5.10 Å². The molecule has 22 heavy (non-hydrogen) atoms. The second kappa shape index (κ2) is 5.44. The first-order valence-electron chi connectivity index (χ1n) is 6.75. The summed E-state index contributed by atoms with van der Waals surface area (Å²) < 4.78 is 6.98. The molecule has 0 aliphatic carbocycles. The largest absolute Gasteiger partial charge is 0.403 e. The monoisotopic (exact) mass is 297 g/mol. The minimum atomic E-state index is -0.351. The van der Waals surface area contributed by atoms with Gasteiger partial charge in [-0.15, -0.1) is 5.10 Å². The fourth-order valence-corrected chi connectivity index (χ4v) is 2.19. The molecule has 1 amide bonds. The van der Waals surface area contributed by atoms with Crippen molar-refractivity contribution in [3.8, 4) is 11.5 Å². The molecule has 0 spiro atoms. The SMILES string of the molecule is Cc1ccc(-c2nnc(NC(=O)c3ccnn3C)o2)c(C)c1. The van der Waals surface area contributed by atoms with Crippen LogP contribution in [0, 0.1) is 13.8 Å². The van der Waals surface area contributed by atoms with Gasteiger partial charge in [-0.25, -0.2) is 0 Å². The van der Waals surface area contributed by atoms with E-state index in [0.29, 0.717) is 11.6 Å². The number of hydrogen-bond acceptors (Lipinski definition) is 5. The van der Waals surface area contributed by atoms with Crippen LogP contribution in [0.4, 0.5) is 6.01 Å². The van der Waals surface area contributed by atoms with E-state index in [-0.39, 0.29) is 11.9 Å². The average molecular weight is 297 g/mol. The van der Waals surface area contributed by atoms with Crippen LogP contribution >= 0.6 is 0 Å². The van der Waals surface area contributed by atoms with Crippen molar-refractivity contribution in [3.63, 3.8) is 0 Å². The maximum Gasteiger partial charge on any atom is 0.322 e. The topological polar surface area (TPSA) is 85.8 Å². The Morgan fingerprint density at radius 2 is 2.05 bits per heavy atom. The summed E-state index contributed by atoms with van der Waals surface area (Å²) >= 11 is 0. The Balaban J connectivity index is 1.82. The van der Waals surface area contributed by atoms with E-state index in [4.69, 9.17) is 4.42 Å². The molecule has 0 atom stereocenters. The number of nitrogens with one attached hydrogen (secondary N) is 1. The summed E-state index contributed by atoms with van der Waals surface area (Å²) in [5, 5.41) is 14.3. The van der Waals surface area contributed by atoms with Crippen molar-refractivity contribution in [1.29, 1.82) is 0 Å². The molecular weight excluding hydrogens is 282 g/mol. The second-order valence-corrected chi connectivity index (χ2v) is 5.02. The predicted octanol–water partition coefficient (Wildman–Crippen LogP) is 2.34. The molecule has 0 unspecified atom stereocenters. The van der Waals surface area contributed by atoms with Crippen molar-refractivity contribution in [2.24, 2.45) is 7.05 Å². The first kappa shape index (κ1) is 14.0. The Hall–Kier alpha value is -2.96. The minimum Gasteiger partial charge on any atom is -0.403 e. The lowest BCUT2D eigenvalue weighted by atomic mass is 10.1. The first-order chi connectivity index (χ1) is 10.5. The molecule has 0 bridgehead atoms. The highest BCUT2D eigenvalue weighted by molar-refractivity contribution is 6.01. The molecule has 112 valence electrons. The van der Waals surface area contributed by atoms with Gasteiger partial charge in [0.25, 0.3) is 5.91 Å². The molecule has 1 N–H and O–H groups in total. The molecule has 2 aromatic heterocycles. The summed E-state index contributed by atoms with van der Waals surface area (Å²) in [5.74, 6) is 0.0219. The number of nitrogens with zero attached hydrogens (tertiary/aromatic N) is 4. The molecule has 1 aromatic carbocycles. The summed E-state index contributed by atoms with van der Waals surface area (Å²) in [7, 11) is 1.68. The van der Waals surface area contributed by atoms with Crippen molar-refractivity contribution in [1.82, 2.24) is 20.0 Å². The van der Waals surface area contributed by atoms with Gasteiger partial charge in [0, 0.05) is 18.8 Å². The number of aryl methyl sites for hydroxylation is 3. The third-order valence-corrected chi connectivity index (χ3v) is 3.31. The van der Waals surface area contributed by atoms with Crippen LogP contribution < -0.4 is 5.32 Å². The molecule has 2 heterocycles. The molecule has 0 saturated carbocycles. The van der Waals surface area contributed by atoms with E-state index in [9.17, 15) is 4.79 Å². The number of aromatic nitrogens is 4. The summed E-state index contributed by atoms with van der Waals surface area (Å²) in [6.45, 7) is 3.99. The Morgan fingerprint density at radius 1 is 1.23 bits per heavy atom. The molecule has 7 heteroatoms. The molecule has 3 aromatic rings. The van der Waals surface area contributed by atoms with Gasteiger partial charge in [0.05, 0.1) is 0 Å². The highest BCUT2D eigenvalue weighted by Crippen LogP contribution is 2.24. The normalized spacial score (nSPS) is 10.7. The van der Waals surface area contributed by atoms with Crippen LogP contribution in [0.3, 0.4) is 0 Å². The molecule has 0 aliphatic heterocycles. The number of carbonyl (C=O) groups excluding carboxylic acids is 1. The van der Waals surface area contributed by atoms with E-state index in [0.717, 1.165) is 16.7 Å². The fourth-order valence-electron chi connectivity index (χ4n) is 2.19. The van der Waals surface area contributed by atoms with Crippen LogP contribution in [0.1, 0.15) is 21.6 Å². The molecule has 0 aliphatic rings. The van der Waals surface area contributed by atoms with Crippen molar-refractivity contribution in [2.45, 2.75) is 13.8 Å². The van der Waals surface area contributed by atoms with E-state index in [1.807, 2.05) is 32.0 Å². The zero-order valence-corrected chi connectivity index (χ0v) is 12.5. The van der Waals surface area contributed by atoms with Crippen molar-refractivity contribution in [3.05, 3.63) is 47.3 Å². The third-order valence-electron chi connectivity index (χ3n) is 3.31. The van der Waals surface area contributed by atoms with Gasteiger partial charge in [0.2, 0.25) is 5.89 Å². The molecule has 0 fully saturated rings. The van der Waals surface area contributed by atoms with E-state index < -0.39 is 0 Å². The highest BCUT2D eigenvalue weighted by atomic mass is 16.4. The molecule has 3 rings (SSSR count). The number of amides is 1. The van der Waals surface area contributed by atoms with Gasteiger partial charge >= 0.3 is 6.01 Å². The number of anilines is 1. The van der Waals surface area contributed by atoms with Crippen LogP contribution in [0.5, 0.6) is 0 Å². The zero-order chi connectivity index (χ0) is 15.7. The lowest BCUT2D eigenvalue weighted by molar-refractivity contribution is 0.101. The molecule has 0 radical (unpaired) electrons. The first-order valence-corrected chi connectivity index (χ1v) is 6.75. The smallest absolute Gasteiger partial charge is 0.322 e. The number of carbonyl (C=O) groups is 1. The zero-order valence-electron chi connectivity index (χ0n) is 12.5. The van der Waals surface area contributed by atoms with Gasteiger partial charge < -0.3 is 4.42 Å². The quantitative estimate of drug-likeness (QED) is 0.802. The van der Waals surface area contributed by atoms with Crippen molar-refractivity contribution in [2.75, 3.05) is 5.32 Å². The molecular formula is C15H15N5O2. The van der Waals surface area contributed by atoms with Gasteiger partial charge in [-0.1, -0.05) is 22.8 Å². The van der Waals surface area contributed by atoms with Gasteiger partial charge in [0.15, 0.2) is 0 Å². The Morgan fingerprint density at radius 3 is 2.73 bits per heavy atom. The maximum absolute atomic E-state index is 12.1. The third kappa shape index (κ3) is 2.60. The highest BCUT2D eigenvalue weighted by Gasteiger charge is 2.15. The van der Waals surface area contributed by atoms with Gasteiger partial charge in [-0.05, 0) is 31.5 Å². The molecule has 7 nitrogen and oxygen atoms in total. The fraction of sp³-hybridized carbons (Fsp3) is 0.200. The van der Waals surface area contributed by atoms with E-state index in [1.165, 1.54) is 4.68 Å². The summed E-state index contributed by atoms with van der Waals surface area (Å²) in [4.78, 5) is 12.1. The van der Waals surface area contributed by atoms with E-state index in [1.54, 1.807) is 19.3 Å². The maximum atomic E-state index is 12.1. The Kier molecular flexibility index (Phi) is 3.46. The van der Waals surface area contributed by atoms with Crippen molar-refractivity contribution < 1.29 is 9.21 Å². The summed E-state index contributed by atoms with van der Waals surface area (Å²) in [5.41, 5.74) is 3.45. The second-order valence-electron chi connectivity index (χ2n) is 5.02. The van der Waals surface area contributed by atoms with Gasteiger partial charge in [0.1, 0.15) is 5.69 Å². The van der Waals surface area contributed by atoms with Gasteiger partial charge in [-0.3, -0.25) is 14.8 Å². The number of hydrogen-bond donors (Lipinski definition) is 1. The number of benzene rings is 1. The van der Waals surface area contributed by atoms with Crippen LogP contribution in [0.2, 0.25) is 0 Å². The Bertz CT molecular complexity index is 834.